The Labute approximate surface area is 78.0 Å². The molecule has 0 saturated heterocycles. The van der Waals surface area contributed by atoms with E-state index in [9.17, 15) is 0 Å². The summed E-state index contributed by atoms with van der Waals surface area (Å²) < 4.78 is 9.08. The number of hydrogen-bond acceptors (Lipinski definition) is 2. The maximum atomic E-state index is 4.54. The van der Waals surface area contributed by atoms with E-state index in [0.29, 0.717) is 0 Å². The van der Waals surface area contributed by atoms with Crippen LogP contribution in [0.15, 0.2) is 6.99 Å². The maximum absolute atomic E-state index is 4.54. The van der Waals surface area contributed by atoms with Gasteiger partial charge in [-0.2, -0.15) is 0 Å². The average molecular weight is 326 g/mol. The first-order valence-electron chi connectivity index (χ1n) is 3.81. The van der Waals surface area contributed by atoms with Crippen LogP contribution in [0.1, 0.15) is 41.5 Å². The van der Waals surface area contributed by atoms with Gasteiger partial charge in [0.1, 0.15) is 0 Å². The average Bonchev–Trinajstić information content (AvgIpc) is 1.55. The van der Waals surface area contributed by atoms with E-state index >= 15 is 0 Å². The molecule has 0 spiro atoms. The van der Waals surface area contributed by atoms with Crippen LogP contribution in [-0.4, -0.2) is 11.1 Å². The molecule has 0 N–H and O–H groups in total. The minimum absolute atomic E-state index is 0.124. The van der Waals surface area contributed by atoms with Crippen molar-refractivity contribution in [3.05, 3.63) is 0 Å². The van der Waals surface area contributed by atoms with Gasteiger partial charge in [-0.05, 0) is 0 Å². The molecular weight excluding hydrogens is 308 g/mol. The van der Waals surface area contributed by atoms with Crippen molar-refractivity contribution in [1.82, 2.24) is 0 Å². The Morgan fingerprint density at radius 1 is 0.727 bits per heavy atom. The van der Waals surface area contributed by atoms with E-state index in [4.69, 9.17) is 0 Å². The molecule has 66 valence electrons. The minimum atomic E-state index is -0.780. The molecule has 0 aromatic rings. The molecular formula is C8H18N2W. The van der Waals surface area contributed by atoms with Gasteiger partial charge in [-0.15, -0.1) is 0 Å². The molecule has 0 aliphatic rings. The first-order chi connectivity index (χ1) is 4.71. The SMILES string of the molecule is CC(C)(C)[N]=[W]=[N]C(C)(C)C. The zero-order valence-electron chi connectivity index (χ0n) is 8.30. The molecule has 0 saturated carbocycles. The number of nitrogens with zero attached hydrogens (tertiary/aromatic N) is 2. The van der Waals surface area contributed by atoms with E-state index in [1.807, 2.05) is 0 Å². The van der Waals surface area contributed by atoms with Crippen LogP contribution in [0.2, 0.25) is 0 Å². The first kappa shape index (κ1) is 11.3. The summed E-state index contributed by atoms with van der Waals surface area (Å²) in [5.74, 6) is 0. The molecule has 0 fully saturated rings. The van der Waals surface area contributed by atoms with E-state index in [-0.39, 0.29) is 11.1 Å². The second-order valence-electron chi connectivity index (χ2n) is 4.61. The summed E-state index contributed by atoms with van der Waals surface area (Å²) in [4.78, 5) is 0. The predicted octanol–water partition coefficient (Wildman–Crippen LogP) is 3.03. The monoisotopic (exact) mass is 326 g/mol. The summed E-state index contributed by atoms with van der Waals surface area (Å²) in [6.07, 6.45) is 0. The summed E-state index contributed by atoms with van der Waals surface area (Å²) >= 11 is -0.780. The van der Waals surface area contributed by atoms with Gasteiger partial charge >= 0.3 is 77.8 Å². The third-order valence-electron chi connectivity index (χ3n) is 0.629. The van der Waals surface area contributed by atoms with Gasteiger partial charge in [-0.25, -0.2) is 0 Å². The fourth-order valence-corrected chi connectivity index (χ4v) is 2.17. The summed E-state index contributed by atoms with van der Waals surface area (Å²) in [6.45, 7) is 12.8. The summed E-state index contributed by atoms with van der Waals surface area (Å²) in [5, 5.41) is 0. The fourth-order valence-electron chi connectivity index (χ4n) is 0.265. The standard InChI is InChI=1S/2C4H9N.W/c2*1-4(2,3)5;/h2*1-3H3;. The van der Waals surface area contributed by atoms with Gasteiger partial charge in [0.2, 0.25) is 0 Å². The van der Waals surface area contributed by atoms with Crippen LogP contribution in [0.5, 0.6) is 0 Å². The molecule has 0 aromatic heterocycles. The quantitative estimate of drug-likeness (QED) is 0.654. The molecule has 0 atom stereocenters. The Balaban J connectivity index is 4.25. The fraction of sp³-hybridized carbons (Fsp3) is 1.00. The molecule has 0 aliphatic heterocycles. The van der Waals surface area contributed by atoms with Crippen LogP contribution < -0.4 is 0 Å². The van der Waals surface area contributed by atoms with Crippen molar-refractivity contribution < 1.29 is 18.2 Å². The second-order valence-corrected chi connectivity index (χ2v) is 6.50. The van der Waals surface area contributed by atoms with Crippen LogP contribution in [0, 0.1) is 0 Å². The predicted molar refractivity (Wildman–Crippen MR) is 44.4 cm³/mol. The van der Waals surface area contributed by atoms with Gasteiger partial charge in [-0.3, -0.25) is 0 Å². The zero-order valence-corrected chi connectivity index (χ0v) is 11.2. The van der Waals surface area contributed by atoms with Crippen molar-refractivity contribution in [2.75, 3.05) is 0 Å². The molecule has 11 heavy (non-hydrogen) atoms. The molecule has 0 heterocycles. The third kappa shape index (κ3) is 10.3. The van der Waals surface area contributed by atoms with Gasteiger partial charge in [0, 0.05) is 0 Å². The number of hydrogen-bond donors (Lipinski definition) is 0. The topological polar surface area (TPSA) is 24.7 Å². The van der Waals surface area contributed by atoms with E-state index in [1.54, 1.807) is 0 Å². The molecule has 0 amide bonds. The van der Waals surface area contributed by atoms with Crippen molar-refractivity contribution in [2.45, 2.75) is 52.6 Å². The van der Waals surface area contributed by atoms with Crippen LogP contribution >= 0.6 is 0 Å². The third-order valence-corrected chi connectivity index (χ3v) is 5.15. The number of rotatable bonds is 0. The molecule has 0 radical (unpaired) electrons. The normalized spacial score (nSPS) is 12.5. The molecule has 0 unspecified atom stereocenters. The Bertz CT molecular complexity index is 159. The van der Waals surface area contributed by atoms with Crippen molar-refractivity contribution >= 4 is 0 Å². The summed E-state index contributed by atoms with van der Waals surface area (Å²) in [6, 6.07) is 0. The Morgan fingerprint density at radius 3 is 1.18 bits per heavy atom. The molecule has 0 bridgehead atoms. The van der Waals surface area contributed by atoms with Gasteiger partial charge in [-0.1, -0.05) is 0 Å². The van der Waals surface area contributed by atoms with Crippen LogP contribution in [0.25, 0.3) is 0 Å². The molecule has 0 aliphatic carbocycles. The van der Waals surface area contributed by atoms with E-state index in [1.165, 1.54) is 0 Å². The van der Waals surface area contributed by atoms with E-state index < -0.39 is 18.2 Å². The van der Waals surface area contributed by atoms with Crippen molar-refractivity contribution in [1.29, 1.82) is 0 Å². The Kier molecular flexibility index (Phi) is 3.90. The van der Waals surface area contributed by atoms with Gasteiger partial charge < -0.3 is 0 Å². The van der Waals surface area contributed by atoms with Crippen LogP contribution in [-0.2, 0) is 18.2 Å². The van der Waals surface area contributed by atoms with E-state index in [2.05, 4.69) is 48.5 Å². The second kappa shape index (κ2) is 3.80. The first-order valence-corrected chi connectivity index (χ1v) is 6.44. The zero-order chi connectivity index (χ0) is 9.12. The molecule has 3 heteroatoms. The van der Waals surface area contributed by atoms with E-state index in [0.717, 1.165) is 0 Å². The summed E-state index contributed by atoms with van der Waals surface area (Å²) in [7, 11) is 0. The van der Waals surface area contributed by atoms with Crippen LogP contribution in [0.4, 0.5) is 0 Å². The Hall–Kier alpha value is 0.288. The van der Waals surface area contributed by atoms with Gasteiger partial charge in [0.25, 0.3) is 0 Å². The molecule has 0 aromatic carbocycles. The van der Waals surface area contributed by atoms with Gasteiger partial charge in [0.15, 0.2) is 0 Å². The van der Waals surface area contributed by atoms with Crippen molar-refractivity contribution in [2.24, 2.45) is 6.99 Å². The Morgan fingerprint density at radius 2 is 1.00 bits per heavy atom. The molecule has 0 rings (SSSR count). The van der Waals surface area contributed by atoms with Crippen molar-refractivity contribution in [3.63, 3.8) is 0 Å². The summed E-state index contributed by atoms with van der Waals surface area (Å²) in [5.41, 5.74) is 0.249. The molecule has 2 nitrogen and oxygen atoms in total. The van der Waals surface area contributed by atoms with Gasteiger partial charge in [0.05, 0.1) is 0 Å². The van der Waals surface area contributed by atoms with Crippen LogP contribution in [0.3, 0.4) is 0 Å². The van der Waals surface area contributed by atoms with Crippen molar-refractivity contribution in [3.8, 4) is 0 Å².